The van der Waals surface area contributed by atoms with E-state index in [1.165, 1.54) is 6.07 Å². The molecule has 2 aromatic rings. The van der Waals surface area contributed by atoms with Crippen LogP contribution in [0.1, 0.15) is 28.8 Å². The zero-order chi connectivity index (χ0) is 20.3. The average molecular weight is 385 g/mol. The number of ether oxygens (including phenoxy) is 1. The molecule has 9 nitrogen and oxygen atoms in total. The van der Waals surface area contributed by atoms with E-state index in [4.69, 9.17) is 4.74 Å². The van der Waals surface area contributed by atoms with Crippen LogP contribution in [-0.4, -0.2) is 53.6 Å². The summed E-state index contributed by atoms with van der Waals surface area (Å²) in [6.07, 6.45) is 0. The highest BCUT2D eigenvalue weighted by Crippen LogP contribution is 2.27. The molecule has 2 heterocycles. The molecule has 9 heteroatoms. The van der Waals surface area contributed by atoms with Crippen molar-refractivity contribution in [1.29, 1.82) is 0 Å². The van der Waals surface area contributed by atoms with Gasteiger partial charge < -0.3 is 14.5 Å². The Morgan fingerprint density at radius 1 is 1.14 bits per heavy atom. The van der Waals surface area contributed by atoms with Crippen LogP contribution in [0.25, 0.3) is 0 Å². The average Bonchev–Trinajstić information content (AvgIpc) is 2.67. The van der Waals surface area contributed by atoms with E-state index in [0.717, 1.165) is 36.1 Å². The van der Waals surface area contributed by atoms with E-state index in [9.17, 15) is 14.9 Å². The number of aryl methyl sites for hydroxylation is 2. The smallest absolute Gasteiger partial charge is 0.345 e. The van der Waals surface area contributed by atoms with Gasteiger partial charge in [0, 0.05) is 49.7 Å². The normalized spacial score (nSPS) is 14.1. The fourth-order valence-electron chi connectivity index (χ4n) is 3.31. The van der Waals surface area contributed by atoms with E-state index < -0.39 is 10.9 Å². The number of nitrogens with zero attached hydrogens (tertiary/aromatic N) is 5. The minimum absolute atomic E-state index is 0.0196. The first kappa shape index (κ1) is 19.5. The van der Waals surface area contributed by atoms with Crippen molar-refractivity contribution in [1.82, 2.24) is 9.97 Å². The predicted octanol–water partition coefficient (Wildman–Crippen LogP) is 2.50. The van der Waals surface area contributed by atoms with Crippen LogP contribution in [0.2, 0.25) is 0 Å². The molecule has 148 valence electrons. The number of carbonyl (C=O) groups is 1. The van der Waals surface area contributed by atoms with Crippen LogP contribution in [0.5, 0.6) is 0 Å². The van der Waals surface area contributed by atoms with Crippen molar-refractivity contribution in [2.24, 2.45) is 0 Å². The molecule has 1 aliphatic heterocycles. The molecule has 1 fully saturated rings. The number of hydrogen-bond acceptors (Lipinski definition) is 8. The van der Waals surface area contributed by atoms with E-state index >= 15 is 0 Å². The van der Waals surface area contributed by atoms with Gasteiger partial charge >= 0.3 is 5.97 Å². The van der Waals surface area contributed by atoms with Crippen molar-refractivity contribution in [3.63, 3.8) is 0 Å². The maximum Gasteiger partial charge on any atom is 0.345 e. The summed E-state index contributed by atoms with van der Waals surface area (Å²) >= 11 is 0. The maximum atomic E-state index is 12.1. The molecule has 1 aromatic carbocycles. The number of hydrogen-bond donors (Lipinski definition) is 0. The number of benzene rings is 1. The quantitative estimate of drug-likeness (QED) is 0.439. The first-order chi connectivity index (χ1) is 13.4. The molecule has 0 atom stereocenters. The zero-order valence-corrected chi connectivity index (χ0v) is 16.2. The molecule has 1 saturated heterocycles. The third kappa shape index (κ3) is 4.19. The predicted molar refractivity (Wildman–Crippen MR) is 105 cm³/mol. The van der Waals surface area contributed by atoms with Gasteiger partial charge in [0.1, 0.15) is 17.2 Å². The molecular weight excluding hydrogens is 362 g/mol. The van der Waals surface area contributed by atoms with Crippen LogP contribution in [0.4, 0.5) is 17.2 Å². The third-order valence-corrected chi connectivity index (χ3v) is 4.59. The lowest BCUT2D eigenvalue weighted by atomic mass is 10.1. The third-order valence-electron chi connectivity index (χ3n) is 4.59. The second-order valence-corrected chi connectivity index (χ2v) is 6.57. The number of aromatic nitrogens is 2. The number of rotatable bonds is 5. The van der Waals surface area contributed by atoms with Crippen LogP contribution in [0.15, 0.2) is 24.3 Å². The molecule has 1 aliphatic rings. The first-order valence-corrected chi connectivity index (χ1v) is 9.16. The molecule has 0 amide bonds. The Kier molecular flexibility index (Phi) is 5.72. The van der Waals surface area contributed by atoms with Gasteiger partial charge in [-0.25, -0.2) is 14.8 Å². The van der Waals surface area contributed by atoms with Gasteiger partial charge in [-0.1, -0.05) is 0 Å². The van der Waals surface area contributed by atoms with Crippen LogP contribution in [-0.2, 0) is 4.74 Å². The molecular formula is C19H23N5O4. The van der Waals surface area contributed by atoms with Gasteiger partial charge in [-0.05, 0) is 32.9 Å². The number of piperazine rings is 1. The summed E-state index contributed by atoms with van der Waals surface area (Å²) in [4.78, 5) is 35.9. The largest absolute Gasteiger partial charge is 0.462 e. The Hall–Kier alpha value is -3.23. The topological polar surface area (TPSA) is 102 Å². The zero-order valence-electron chi connectivity index (χ0n) is 16.2. The summed E-state index contributed by atoms with van der Waals surface area (Å²) in [6, 6.07) is 6.55. The molecule has 0 spiro atoms. The fraction of sp³-hybridized carbons (Fsp3) is 0.421. The van der Waals surface area contributed by atoms with Crippen molar-refractivity contribution in [2.45, 2.75) is 20.8 Å². The Morgan fingerprint density at radius 2 is 1.82 bits per heavy atom. The first-order valence-electron chi connectivity index (χ1n) is 9.16. The lowest BCUT2D eigenvalue weighted by Gasteiger charge is -2.37. The summed E-state index contributed by atoms with van der Waals surface area (Å²) in [6.45, 7) is 8.58. The molecule has 0 bridgehead atoms. The minimum atomic E-state index is -0.679. The molecule has 0 aliphatic carbocycles. The Morgan fingerprint density at radius 3 is 2.43 bits per heavy atom. The van der Waals surface area contributed by atoms with Gasteiger partial charge in [-0.15, -0.1) is 0 Å². The van der Waals surface area contributed by atoms with Crippen molar-refractivity contribution < 1.29 is 14.5 Å². The highest BCUT2D eigenvalue weighted by Gasteiger charge is 2.25. The molecule has 0 unspecified atom stereocenters. The van der Waals surface area contributed by atoms with Crippen LogP contribution >= 0.6 is 0 Å². The van der Waals surface area contributed by atoms with Gasteiger partial charge in [-0.2, -0.15) is 0 Å². The summed E-state index contributed by atoms with van der Waals surface area (Å²) in [5, 5.41) is 11.2. The van der Waals surface area contributed by atoms with Gasteiger partial charge in [-0.3, -0.25) is 10.1 Å². The monoisotopic (exact) mass is 385 g/mol. The minimum Gasteiger partial charge on any atom is -0.462 e. The number of esters is 1. The number of nitro groups is 1. The highest BCUT2D eigenvalue weighted by atomic mass is 16.6. The summed E-state index contributed by atoms with van der Waals surface area (Å²) in [5.41, 5.74) is 1.43. The van der Waals surface area contributed by atoms with E-state index in [0.29, 0.717) is 13.1 Å². The van der Waals surface area contributed by atoms with Gasteiger partial charge in [0.15, 0.2) is 0 Å². The lowest BCUT2D eigenvalue weighted by Crippen LogP contribution is -2.47. The molecule has 0 N–H and O–H groups in total. The molecule has 1 aromatic heterocycles. The molecule has 0 radical (unpaired) electrons. The fourth-order valence-corrected chi connectivity index (χ4v) is 3.31. The molecule has 0 saturated carbocycles. The van der Waals surface area contributed by atoms with Crippen LogP contribution in [0, 0.1) is 24.0 Å². The SMILES string of the molecule is CCOC(=O)c1cc(N2CCN(c3cc(C)nc(C)n3)CC2)ccc1[N+](=O)[O-]. The number of carbonyl (C=O) groups excluding carboxylic acids is 1. The standard InChI is InChI=1S/C19H23N5O4/c1-4-28-19(25)16-12-15(5-6-17(16)24(26)27)22-7-9-23(10-8-22)18-11-13(2)20-14(3)21-18/h5-6,11-12H,4,7-10H2,1-3H3. The van der Waals surface area contributed by atoms with Crippen molar-refractivity contribution in [2.75, 3.05) is 42.6 Å². The van der Waals surface area contributed by atoms with Gasteiger partial charge in [0.2, 0.25) is 0 Å². The Bertz CT molecular complexity index is 874. The molecule has 28 heavy (non-hydrogen) atoms. The molecule has 3 rings (SSSR count). The van der Waals surface area contributed by atoms with Crippen molar-refractivity contribution >= 4 is 23.2 Å². The van der Waals surface area contributed by atoms with Crippen molar-refractivity contribution in [3.8, 4) is 0 Å². The van der Waals surface area contributed by atoms with Crippen LogP contribution < -0.4 is 9.80 Å². The van der Waals surface area contributed by atoms with E-state index in [1.807, 2.05) is 19.9 Å². The van der Waals surface area contributed by atoms with E-state index in [1.54, 1.807) is 19.1 Å². The van der Waals surface area contributed by atoms with E-state index in [2.05, 4.69) is 19.8 Å². The van der Waals surface area contributed by atoms with Gasteiger partial charge in [0.25, 0.3) is 5.69 Å². The maximum absolute atomic E-state index is 12.1. The van der Waals surface area contributed by atoms with E-state index in [-0.39, 0.29) is 17.9 Å². The second kappa shape index (κ2) is 8.20. The number of nitro benzene ring substituents is 1. The second-order valence-electron chi connectivity index (χ2n) is 6.57. The summed E-state index contributed by atoms with van der Waals surface area (Å²) < 4.78 is 4.97. The summed E-state index contributed by atoms with van der Waals surface area (Å²) in [7, 11) is 0. The Balaban J connectivity index is 1.77. The highest BCUT2D eigenvalue weighted by molar-refractivity contribution is 5.95. The number of anilines is 2. The Labute approximate surface area is 163 Å². The summed E-state index contributed by atoms with van der Waals surface area (Å²) in [5.74, 6) is 0.967. The van der Waals surface area contributed by atoms with Crippen molar-refractivity contribution in [3.05, 3.63) is 51.5 Å². The van der Waals surface area contributed by atoms with Crippen LogP contribution in [0.3, 0.4) is 0 Å². The van der Waals surface area contributed by atoms with Gasteiger partial charge in [0.05, 0.1) is 11.5 Å². The lowest BCUT2D eigenvalue weighted by molar-refractivity contribution is -0.385.